The van der Waals surface area contributed by atoms with Gasteiger partial charge in [-0.1, -0.05) is 26.2 Å². The molecule has 0 N–H and O–H groups in total. The molecule has 0 fully saturated rings. The van der Waals surface area contributed by atoms with Crippen molar-refractivity contribution in [3.05, 3.63) is 109 Å². The van der Waals surface area contributed by atoms with Gasteiger partial charge < -0.3 is 0 Å². The van der Waals surface area contributed by atoms with E-state index in [1.807, 2.05) is 72.8 Å². The zero-order chi connectivity index (χ0) is 15.7. The van der Waals surface area contributed by atoms with Crippen LogP contribution in [0.1, 0.15) is 25.3 Å². The number of benzene rings is 3. The Hall–Kier alpha value is -1.82. The molecular formula is C22H23Fe. The first-order valence-corrected chi connectivity index (χ1v) is 7.71. The van der Waals surface area contributed by atoms with Crippen LogP contribution in [-0.2, 0) is 23.5 Å². The van der Waals surface area contributed by atoms with Crippen LogP contribution < -0.4 is 0 Å². The van der Waals surface area contributed by atoms with E-state index in [0.717, 1.165) is 0 Å². The fourth-order valence-electron chi connectivity index (χ4n) is 1.64. The molecule has 1 heteroatoms. The van der Waals surface area contributed by atoms with Gasteiger partial charge in [0.2, 0.25) is 0 Å². The molecule has 0 amide bonds. The predicted molar refractivity (Wildman–Crippen MR) is 94.4 cm³/mol. The molecule has 0 nitrogen and oxygen atoms in total. The minimum atomic E-state index is 0. The van der Waals surface area contributed by atoms with E-state index in [-0.39, 0.29) is 17.1 Å². The van der Waals surface area contributed by atoms with Crippen molar-refractivity contribution >= 4 is 0 Å². The molecule has 0 unspecified atom stereocenters. The van der Waals surface area contributed by atoms with Crippen molar-refractivity contribution in [2.24, 2.45) is 0 Å². The van der Waals surface area contributed by atoms with Crippen LogP contribution in [0.4, 0.5) is 0 Å². The minimum absolute atomic E-state index is 0. The maximum atomic E-state index is 3.20. The van der Waals surface area contributed by atoms with E-state index in [1.54, 1.807) is 0 Å². The second-order valence-corrected chi connectivity index (χ2v) is 4.65. The van der Waals surface area contributed by atoms with Crippen molar-refractivity contribution in [3.8, 4) is 0 Å². The molecule has 3 aromatic rings. The summed E-state index contributed by atoms with van der Waals surface area (Å²) >= 11 is 0. The normalized spacial score (nSPS) is 8.39. The average Bonchev–Trinajstić information content (AvgIpc) is 2.65. The van der Waals surface area contributed by atoms with Crippen molar-refractivity contribution < 1.29 is 17.1 Å². The van der Waals surface area contributed by atoms with Crippen LogP contribution in [0.5, 0.6) is 0 Å². The third-order valence-electron chi connectivity index (χ3n) is 2.79. The molecule has 1 radical (unpaired) electrons. The van der Waals surface area contributed by atoms with Gasteiger partial charge in [0.25, 0.3) is 0 Å². The Labute approximate surface area is 152 Å². The molecule has 0 aliphatic rings. The van der Waals surface area contributed by atoms with Gasteiger partial charge in [0.1, 0.15) is 0 Å². The van der Waals surface area contributed by atoms with Crippen molar-refractivity contribution in [3.63, 3.8) is 0 Å². The van der Waals surface area contributed by atoms with Crippen LogP contribution in [0.25, 0.3) is 0 Å². The third kappa shape index (κ3) is 13.6. The molecule has 0 aromatic heterocycles. The topological polar surface area (TPSA) is 0 Å². The van der Waals surface area contributed by atoms with Crippen molar-refractivity contribution in [1.82, 2.24) is 0 Å². The van der Waals surface area contributed by atoms with E-state index in [2.05, 4.69) is 37.3 Å². The molecule has 0 aliphatic carbocycles. The van der Waals surface area contributed by atoms with Gasteiger partial charge in [0, 0.05) is 0 Å². The summed E-state index contributed by atoms with van der Waals surface area (Å²) in [5.41, 5.74) is 1.34. The SMILES string of the molecule is CCCCc1[c-]cccc1.[Fe+3].[c-]1ccccc1.[c-]1ccccc1. The number of aryl methyl sites for hydroxylation is 1. The fourth-order valence-corrected chi connectivity index (χ4v) is 1.64. The summed E-state index contributed by atoms with van der Waals surface area (Å²) in [6.45, 7) is 2.21. The summed E-state index contributed by atoms with van der Waals surface area (Å²) in [7, 11) is 0. The Kier molecular flexibility index (Phi) is 15.2. The largest absolute Gasteiger partial charge is 3.00 e. The molecule has 0 bridgehead atoms. The molecule has 0 atom stereocenters. The molecule has 0 saturated heterocycles. The van der Waals surface area contributed by atoms with E-state index in [4.69, 9.17) is 0 Å². The predicted octanol–water partition coefficient (Wildman–Crippen LogP) is 5.80. The smallest absolute Gasteiger partial charge is 0.184 e. The average molecular weight is 343 g/mol. The Balaban J connectivity index is 0.000000325. The van der Waals surface area contributed by atoms with E-state index in [9.17, 15) is 0 Å². The van der Waals surface area contributed by atoms with E-state index in [1.165, 1.54) is 24.8 Å². The van der Waals surface area contributed by atoms with Crippen molar-refractivity contribution in [2.45, 2.75) is 26.2 Å². The van der Waals surface area contributed by atoms with Gasteiger partial charge in [-0.05, 0) is 0 Å². The number of rotatable bonds is 3. The second-order valence-electron chi connectivity index (χ2n) is 4.65. The standard InChI is InChI=1S/C10H13.2C6H5.Fe/c1-2-3-7-10-8-5-4-6-9-10;2*1-2-4-6-5-3-1;/h4-6,8H,2-3,7H2,1H3;2*1-5H;/q3*-1;+3. The van der Waals surface area contributed by atoms with Gasteiger partial charge in [-0.3, -0.25) is 0 Å². The van der Waals surface area contributed by atoms with Gasteiger partial charge in [0.05, 0.1) is 0 Å². The quantitative estimate of drug-likeness (QED) is 0.416. The van der Waals surface area contributed by atoms with Crippen LogP contribution in [0.2, 0.25) is 0 Å². The van der Waals surface area contributed by atoms with Gasteiger partial charge >= 0.3 is 17.1 Å². The molecule has 0 heterocycles. The molecule has 119 valence electrons. The maximum absolute atomic E-state index is 3.20. The van der Waals surface area contributed by atoms with Crippen molar-refractivity contribution in [2.75, 3.05) is 0 Å². The van der Waals surface area contributed by atoms with E-state index >= 15 is 0 Å². The third-order valence-corrected chi connectivity index (χ3v) is 2.79. The van der Waals surface area contributed by atoms with Gasteiger partial charge in [-0.25, -0.2) is 0 Å². The first-order chi connectivity index (χ1) is 10.9. The van der Waals surface area contributed by atoms with Gasteiger partial charge in [0.15, 0.2) is 0 Å². The molecule has 3 rings (SSSR count). The summed E-state index contributed by atoms with van der Waals surface area (Å²) < 4.78 is 0. The van der Waals surface area contributed by atoms with Crippen LogP contribution in [0.3, 0.4) is 0 Å². The number of unbranched alkanes of at least 4 members (excludes halogenated alkanes) is 1. The van der Waals surface area contributed by atoms with E-state index in [0.29, 0.717) is 0 Å². The van der Waals surface area contributed by atoms with Crippen LogP contribution in [0.15, 0.2) is 84.9 Å². The van der Waals surface area contributed by atoms with Gasteiger partial charge in [-0.15, -0.1) is 0 Å². The van der Waals surface area contributed by atoms with Crippen LogP contribution >= 0.6 is 0 Å². The Morgan fingerprint density at radius 2 is 1.22 bits per heavy atom. The first kappa shape index (κ1) is 21.2. The van der Waals surface area contributed by atoms with E-state index < -0.39 is 0 Å². The zero-order valence-electron chi connectivity index (χ0n) is 13.6. The second kappa shape index (κ2) is 16.5. The fraction of sp³-hybridized carbons (Fsp3) is 0.182. The maximum Gasteiger partial charge on any atom is 3.00 e. The Morgan fingerprint density at radius 1 is 0.696 bits per heavy atom. The summed E-state index contributed by atoms with van der Waals surface area (Å²) in [6.07, 6.45) is 3.72. The monoisotopic (exact) mass is 343 g/mol. The Morgan fingerprint density at radius 3 is 1.52 bits per heavy atom. The molecule has 0 aliphatic heterocycles. The molecule has 0 saturated carbocycles. The number of hydrogen-bond donors (Lipinski definition) is 0. The first-order valence-electron chi connectivity index (χ1n) is 7.71. The van der Waals surface area contributed by atoms with Crippen LogP contribution in [-0.4, -0.2) is 0 Å². The number of hydrogen-bond acceptors (Lipinski definition) is 0. The van der Waals surface area contributed by atoms with Crippen LogP contribution in [0, 0.1) is 18.2 Å². The molecular weight excluding hydrogens is 320 g/mol. The molecule has 3 aromatic carbocycles. The summed E-state index contributed by atoms with van der Waals surface area (Å²) in [5, 5.41) is 0. The minimum Gasteiger partial charge on any atom is -0.184 e. The summed E-state index contributed by atoms with van der Waals surface area (Å²) in [6, 6.07) is 36.4. The zero-order valence-corrected chi connectivity index (χ0v) is 14.7. The van der Waals surface area contributed by atoms with Gasteiger partial charge in [-0.2, -0.15) is 109 Å². The van der Waals surface area contributed by atoms with Crippen molar-refractivity contribution in [1.29, 1.82) is 0 Å². The summed E-state index contributed by atoms with van der Waals surface area (Å²) in [4.78, 5) is 0. The molecule has 0 spiro atoms. The Bertz CT molecular complexity index is 450. The molecule has 23 heavy (non-hydrogen) atoms. The summed E-state index contributed by atoms with van der Waals surface area (Å²) in [5.74, 6) is 0.